The summed E-state index contributed by atoms with van der Waals surface area (Å²) >= 11 is 0. The second-order valence-corrected chi connectivity index (χ2v) is 6.23. The van der Waals surface area contributed by atoms with Gasteiger partial charge in [-0.2, -0.15) is 13.2 Å². The van der Waals surface area contributed by atoms with Crippen molar-refractivity contribution in [2.45, 2.75) is 31.5 Å². The summed E-state index contributed by atoms with van der Waals surface area (Å²) in [7, 11) is 1.26. The van der Waals surface area contributed by atoms with Crippen LogP contribution < -0.4 is 10.1 Å². The van der Waals surface area contributed by atoms with E-state index in [2.05, 4.69) is 16.9 Å². The van der Waals surface area contributed by atoms with Gasteiger partial charge in [0.15, 0.2) is 5.83 Å². The normalized spacial score (nSPS) is 18.1. The Hall–Kier alpha value is -2.97. The summed E-state index contributed by atoms with van der Waals surface area (Å²) in [6.07, 6.45) is -1.52. The van der Waals surface area contributed by atoms with Gasteiger partial charge < -0.3 is 10.1 Å². The van der Waals surface area contributed by atoms with E-state index in [1.54, 1.807) is 6.08 Å². The van der Waals surface area contributed by atoms with E-state index < -0.39 is 40.9 Å². The molecule has 1 atom stereocenters. The number of hydrogen-bond donors (Lipinski definition) is 1. The van der Waals surface area contributed by atoms with E-state index in [0.717, 1.165) is 6.07 Å². The number of carbonyl (C=O) groups is 1. The van der Waals surface area contributed by atoms with Crippen LogP contribution in [-0.2, 0) is 11.0 Å². The molecule has 1 N–H and O–H groups in total. The SMILES string of the molecule is C=C(F)C(C(=O)NC1CC=C(Oc2ccccc2C(F)(F)F)CC1)=C(F)C=NC. The first kappa shape index (κ1) is 22.3. The molecule has 0 heterocycles. The van der Waals surface area contributed by atoms with Gasteiger partial charge in [-0.15, -0.1) is 0 Å². The van der Waals surface area contributed by atoms with Gasteiger partial charge in [0, 0.05) is 19.5 Å². The van der Waals surface area contributed by atoms with Crippen molar-refractivity contribution in [2.75, 3.05) is 7.05 Å². The maximum Gasteiger partial charge on any atom is 0.419 e. The summed E-state index contributed by atoms with van der Waals surface area (Å²) in [5.41, 5.74) is -1.73. The lowest BCUT2D eigenvalue weighted by Gasteiger charge is -2.24. The number of alkyl halides is 3. The van der Waals surface area contributed by atoms with Gasteiger partial charge >= 0.3 is 6.18 Å². The fourth-order valence-electron chi connectivity index (χ4n) is 2.76. The summed E-state index contributed by atoms with van der Waals surface area (Å²) in [6.45, 7) is 2.95. The predicted octanol–water partition coefficient (Wildman–Crippen LogP) is 5.04. The number of halogens is 5. The van der Waals surface area contributed by atoms with Gasteiger partial charge in [0.25, 0.3) is 5.91 Å². The van der Waals surface area contributed by atoms with Crippen LogP contribution in [0, 0.1) is 0 Å². The number of hydrogen-bond acceptors (Lipinski definition) is 3. The first-order valence-electron chi connectivity index (χ1n) is 8.64. The molecule has 1 aliphatic rings. The molecule has 1 amide bonds. The second-order valence-electron chi connectivity index (χ2n) is 6.23. The molecule has 2 rings (SSSR count). The Bertz CT molecular complexity index is 872. The van der Waals surface area contributed by atoms with Crippen molar-refractivity contribution in [3.8, 4) is 5.75 Å². The van der Waals surface area contributed by atoms with Crippen LogP contribution in [0.25, 0.3) is 0 Å². The van der Waals surface area contributed by atoms with Crippen molar-refractivity contribution in [3.63, 3.8) is 0 Å². The molecule has 0 bridgehead atoms. The Morgan fingerprint density at radius 1 is 1.31 bits per heavy atom. The van der Waals surface area contributed by atoms with E-state index >= 15 is 0 Å². The molecule has 1 aromatic carbocycles. The van der Waals surface area contributed by atoms with Gasteiger partial charge in [0.1, 0.15) is 22.9 Å². The first-order chi connectivity index (χ1) is 13.6. The molecule has 0 radical (unpaired) electrons. The fourth-order valence-corrected chi connectivity index (χ4v) is 2.76. The maximum absolute atomic E-state index is 13.8. The molecule has 0 aliphatic heterocycles. The van der Waals surface area contributed by atoms with Gasteiger partial charge in [-0.25, -0.2) is 8.78 Å². The van der Waals surface area contributed by atoms with Crippen LogP contribution in [0.3, 0.4) is 0 Å². The summed E-state index contributed by atoms with van der Waals surface area (Å²) in [5.74, 6) is -3.37. The highest BCUT2D eigenvalue weighted by Crippen LogP contribution is 2.37. The number of ether oxygens (including phenoxy) is 1. The van der Waals surface area contributed by atoms with Crippen molar-refractivity contribution < 1.29 is 31.5 Å². The van der Waals surface area contributed by atoms with Crippen LogP contribution in [0.5, 0.6) is 5.75 Å². The van der Waals surface area contributed by atoms with Crippen LogP contribution in [0.2, 0.25) is 0 Å². The third-order valence-corrected chi connectivity index (χ3v) is 4.12. The quantitative estimate of drug-likeness (QED) is 0.307. The average molecular weight is 414 g/mol. The number of amides is 1. The minimum absolute atomic E-state index is 0.227. The second kappa shape index (κ2) is 9.49. The number of benzene rings is 1. The Kier molecular flexibility index (Phi) is 7.30. The van der Waals surface area contributed by atoms with E-state index in [4.69, 9.17) is 4.74 Å². The Labute approximate surface area is 164 Å². The fraction of sp³-hybridized carbons (Fsp3) is 0.300. The number of rotatable bonds is 6. The molecule has 0 saturated heterocycles. The molecule has 0 saturated carbocycles. The molecule has 4 nitrogen and oxygen atoms in total. The highest BCUT2D eigenvalue weighted by atomic mass is 19.4. The minimum Gasteiger partial charge on any atom is -0.461 e. The number of para-hydroxylation sites is 1. The lowest BCUT2D eigenvalue weighted by Crippen LogP contribution is -2.37. The highest BCUT2D eigenvalue weighted by molar-refractivity contribution is 6.02. The van der Waals surface area contributed by atoms with E-state index in [1.807, 2.05) is 0 Å². The summed E-state index contributed by atoms with van der Waals surface area (Å²) in [5, 5.41) is 2.48. The Morgan fingerprint density at radius 3 is 2.55 bits per heavy atom. The third-order valence-electron chi connectivity index (χ3n) is 4.12. The van der Waals surface area contributed by atoms with Crippen LogP contribution >= 0.6 is 0 Å². The van der Waals surface area contributed by atoms with Gasteiger partial charge in [-0.3, -0.25) is 9.79 Å². The summed E-state index contributed by atoms with van der Waals surface area (Å²) < 4.78 is 71.8. The Balaban J connectivity index is 2.06. The smallest absolute Gasteiger partial charge is 0.419 e. The number of nitrogens with one attached hydrogen (secondary N) is 1. The van der Waals surface area contributed by atoms with E-state index in [0.29, 0.717) is 18.4 Å². The average Bonchev–Trinajstić information content (AvgIpc) is 2.63. The standard InChI is InChI=1S/C20H19F5N2O2/c1-12(21)18(16(22)11-26-2)19(28)27-13-7-9-14(10-8-13)29-17-6-4-3-5-15(17)20(23,24)25/h3-6,9,11,13H,1,7-8,10H2,2H3,(H,27,28). The number of aliphatic imine (C=N–C) groups is 1. The summed E-state index contributed by atoms with van der Waals surface area (Å²) in [6, 6.07) is 4.38. The molecule has 9 heteroatoms. The third kappa shape index (κ3) is 6.00. The molecule has 1 aromatic rings. The zero-order chi connectivity index (χ0) is 21.6. The van der Waals surface area contributed by atoms with Crippen molar-refractivity contribution in [1.82, 2.24) is 5.32 Å². The maximum atomic E-state index is 13.8. The molecule has 156 valence electrons. The monoisotopic (exact) mass is 414 g/mol. The van der Waals surface area contributed by atoms with Crippen LogP contribution in [-0.4, -0.2) is 25.2 Å². The number of nitrogens with zero attached hydrogens (tertiary/aromatic N) is 1. The highest BCUT2D eigenvalue weighted by Gasteiger charge is 2.34. The van der Waals surface area contributed by atoms with Crippen molar-refractivity contribution >= 4 is 12.1 Å². The van der Waals surface area contributed by atoms with Gasteiger partial charge in [-0.1, -0.05) is 18.7 Å². The zero-order valence-electron chi connectivity index (χ0n) is 15.5. The number of allylic oxidation sites excluding steroid dienone is 2. The molecule has 0 spiro atoms. The molecular weight excluding hydrogens is 395 g/mol. The van der Waals surface area contributed by atoms with Gasteiger partial charge in [0.2, 0.25) is 0 Å². The molecule has 1 aliphatic carbocycles. The van der Waals surface area contributed by atoms with Gasteiger partial charge in [-0.05, 0) is 31.1 Å². The lowest BCUT2D eigenvalue weighted by atomic mass is 9.99. The predicted molar refractivity (Wildman–Crippen MR) is 98.7 cm³/mol. The first-order valence-corrected chi connectivity index (χ1v) is 8.64. The molecule has 29 heavy (non-hydrogen) atoms. The molecule has 0 aromatic heterocycles. The Morgan fingerprint density at radius 2 is 2.00 bits per heavy atom. The largest absolute Gasteiger partial charge is 0.461 e. The zero-order valence-corrected chi connectivity index (χ0v) is 15.5. The van der Waals surface area contributed by atoms with E-state index in [1.165, 1.54) is 25.2 Å². The van der Waals surface area contributed by atoms with E-state index in [9.17, 15) is 26.7 Å². The van der Waals surface area contributed by atoms with Crippen LogP contribution in [0.1, 0.15) is 24.8 Å². The molecule has 0 fully saturated rings. The van der Waals surface area contributed by atoms with Crippen molar-refractivity contribution in [2.24, 2.45) is 4.99 Å². The van der Waals surface area contributed by atoms with Crippen LogP contribution in [0.4, 0.5) is 22.0 Å². The minimum atomic E-state index is -4.55. The number of carbonyl (C=O) groups excluding carboxylic acids is 1. The van der Waals surface area contributed by atoms with E-state index in [-0.39, 0.29) is 18.6 Å². The van der Waals surface area contributed by atoms with Crippen LogP contribution in [0.15, 0.2) is 64.9 Å². The van der Waals surface area contributed by atoms with Gasteiger partial charge in [0.05, 0.1) is 11.8 Å². The summed E-state index contributed by atoms with van der Waals surface area (Å²) in [4.78, 5) is 15.5. The topological polar surface area (TPSA) is 50.7 Å². The molecule has 1 unspecified atom stereocenters. The van der Waals surface area contributed by atoms with Crippen molar-refractivity contribution in [3.05, 3.63) is 65.5 Å². The lowest BCUT2D eigenvalue weighted by molar-refractivity contribution is -0.138. The van der Waals surface area contributed by atoms with Crippen molar-refractivity contribution in [1.29, 1.82) is 0 Å². The molecular formula is C20H19F5N2O2.